The van der Waals surface area contributed by atoms with Gasteiger partial charge in [0.1, 0.15) is 6.04 Å². The van der Waals surface area contributed by atoms with E-state index in [1.165, 1.54) is 29.2 Å². The molecule has 1 aromatic carbocycles. The van der Waals surface area contributed by atoms with Crippen LogP contribution >= 0.6 is 0 Å². The SMILES string of the molecule is CC1CCN(C(=O)c2cccc(S(C)(=O)=O)c2)C(C(=O)O)C1. The lowest BCUT2D eigenvalue weighted by Gasteiger charge is -2.36. The third-order valence-electron chi connectivity index (χ3n) is 3.92. The minimum atomic E-state index is -3.42. The first-order valence-electron chi connectivity index (χ1n) is 7.04. The van der Waals surface area contributed by atoms with Gasteiger partial charge in [-0.1, -0.05) is 13.0 Å². The van der Waals surface area contributed by atoms with Gasteiger partial charge in [-0.3, -0.25) is 4.79 Å². The molecule has 1 heterocycles. The summed E-state index contributed by atoms with van der Waals surface area (Å²) < 4.78 is 23.2. The number of carboxylic acids is 1. The Labute approximate surface area is 129 Å². The van der Waals surface area contributed by atoms with Crippen molar-refractivity contribution >= 4 is 21.7 Å². The van der Waals surface area contributed by atoms with Crippen LogP contribution in [0, 0.1) is 5.92 Å². The maximum atomic E-state index is 12.6. The maximum absolute atomic E-state index is 12.6. The molecule has 22 heavy (non-hydrogen) atoms. The molecule has 1 aliphatic heterocycles. The molecule has 0 aliphatic carbocycles. The van der Waals surface area contributed by atoms with E-state index in [2.05, 4.69) is 0 Å². The summed E-state index contributed by atoms with van der Waals surface area (Å²) in [4.78, 5) is 25.3. The van der Waals surface area contributed by atoms with E-state index in [9.17, 15) is 23.1 Å². The van der Waals surface area contributed by atoms with Crippen LogP contribution in [0.5, 0.6) is 0 Å². The molecule has 2 unspecified atom stereocenters. The van der Waals surface area contributed by atoms with Crippen LogP contribution in [0.2, 0.25) is 0 Å². The third-order valence-corrected chi connectivity index (χ3v) is 5.03. The summed E-state index contributed by atoms with van der Waals surface area (Å²) in [7, 11) is -3.42. The van der Waals surface area contributed by atoms with Crippen LogP contribution in [0.25, 0.3) is 0 Å². The summed E-state index contributed by atoms with van der Waals surface area (Å²) in [6.45, 7) is 2.32. The predicted octanol–water partition coefficient (Wildman–Crippen LogP) is 1.42. The molecular formula is C15H19NO5S. The molecule has 0 radical (unpaired) electrons. The van der Waals surface area contributed by atoms with Gasteiger partial charge in [0.2, 0.25) is 0 Å². The van der Waals surface area contributed by atoms with E-state index in [1.807, 2.05) is 6.92 Å². The number of hydrogen-bond acceptors (Lipinski definition) is 4. The molecule has 0 bridgehead atoms. The molecule has 1 amide bonds. The van der Waals surface area contributed by atoms with Crippen LogP contribution in [0.3, 0.4) is 0 Å². The van der Waals surface area contributed by atoms with E-state index in [4.69, 9.17) is 0 Å². The van der Waals surface area contributed by atoms with Crippen molar-refractivity contribution in [1.82, 2.24) is 4.90 Å². The van der Waals surface area contributed by atoms with E-state index in [1.54, 1.807) is 0 Å². The lowest BCUT2D eigenvalue weighted by atomic mass is 9.92. The molecule has 1 saturated heterocycles. The van der Waals surface area contributed by atoms with Gasteiger partial charge in [0.15, 0.2) is 9.84 Å². The first kappa shape index (κ1) is 16.5. The third kappa shape index (κ3) is 3.47. The van der Waals surface area contributed by atoms with Crippen molar-refractivity contribution in [2.75, 3.05) is 12.8 Å². The van der Waals surface area contributed by atoms with Crippen LogP contribution in [0.1, 0.15) is 30.1 Å². The van der Waals surface area contributed by atoms with Crippen LogP contribution in [-0.2, 0) is 14.6 Å². The number of sulfone groups is 1. The number of rotatable bonds is 3. The van der Waals surface area contributed by atoms with Crippen molar-refractivity contribution < 1.29 is 23.1 Å². The molecule has 1 N–H and O–H groups in total. The Morgan fingerprint density at radius 2 is 2.00 bits per heavy atom. The number of aliphatic carboxylic acids is 1. The number of carbonyl (C=O) groups excluding carboxylic acids is 1. The Morgan fingerprint density at radius 1 is 1.32 bits per heavy atom. The molecule has 0 spiro atoms. The lowest BCUT2D eigenvalue weighted by Crippen LogP contribution is -2.49. The number of carboxylic acid groups (broad SMARTS) is 1. The van der Waals surface area contributed by atoms with E-state index in [0.29, 0.717) is 13.0 Å². The highest BCUT2D eigenvalue weighted by atomic mass is 32.2. The van der Waals surface area contributed by atoms with Gasteiger partial charge >= 0.3 is 5.97 Å². The highest BCUT2D eigenvalue weighted by Crippen LogP contribution is 2.25. The maximum Gasteiger partial charge on any atom is 0.326 e. The second-order valence-electron chi connectivity index (χ2n) is 5.78. The summed E-state index contributed by atoms with van der Waals surface area (Å²) in [5.41, 5.74) is 0.198. The van der Waals surface area contributed by atoms with Gasteiger partial charge in [0.25, 0.3) is 5.91 Å². The Balaban J connectivity index is 2.32. The van der Waals surface area contributed by atoms with Crippen molar-refractivity contribution in [3.63, 3.8) is 0 Å². The second kappa shape index (κ2) is 6.08. The molecule has 1 fully saturated rings. The minimum Gasteiger partial charge on any atom is -0.480 e. The molecule has 1 aromatic rings. The molecule has 6 nitrogen and oxygen atoms in total. The molecule has 0 aromatic heterocycles. The summed E-state index contributed by atoms with van der Waals surface area (Å²) in [5, 5.41) is 9.32. The summed E-state index contributed by atoms with van der Waals surface area (Å²) in [6.07, 6.45) is 2.22. The van der Waals surface area contributed by atoms with Crippen molar-refractivity contribution in [3.05, 3.63) is 29.8 Å². The van der Waals surface area contributed by atoms with Crippen molar-refractivity contribution in [3.8, 4) is 0 Å². The zero-order chi connectivity index (χ0) is 16.5. The van der Waals surface area contributed by atoms with Gasteiger partial charge in [-0.25, -0.2) is 13.2 Å². The average Bonchev–Trinajstić information content (AvgIpc) is 2.45. The number of nitrogens with zero attached hydrogens (tertiary/aromatic N) is 1. The summed E-state index contributed by atoms with van der Waals surface area (Å²) in [6, 6.07) is 4.85. The van der Waals surface area contributed by atoms with Gasteiger partial charge in [-0.05, 0) is 37.0 Å². The normalized spacial score (nSPS) is 22.4. The summed E-state index contributed by atoms with van der Waals surface area (Å²) >= 11 is 0. The molecule has 120 valence electrons. The highest BCUT2D eigenvalue weighted by Gasteiger charge is 2.35. The fourth-order valence-electron chi connectivity index (χ4n) is 2.64. The van der Waals surface area contributed by atoms with Crippen molar-refractivity contribution in [1.29, 1.82) is 0 Å². The fraction of sp³-hybridized carbons (Fsp3) is 0.467. The number of benzene rings is 1. The van der Waals surface area contributed by atoms with Crippen LogP contribution < -0.4 is 0 Å². The molecule has 1 aliphatic rings. The number of carbonyl (C=O) groups is 2. The Bertz CT molecular complexity index is 698. The average molecular weight is 325 g/mol. The predicted molar refractivity (Wildman–Crippen MR) is 80.4 cm³/mol. The number of piperidine rings is 1. The van der Waals surface area contributed by atoms with E-state index in [0.717, 1.165) is 12.7 Å². The molecule has 2 rings (SSSR count). The largest absolute Gasteiger partial charge is 0.480 e. The monoisotopic (exact) mass is 325 g/mol. The fourth-order valence-corrected chi connectivity index (χ4v) is 3.31. The molecule has 7 heteroatoms. The number of hydrogen-bond donors (Lipinski definition) is 1. The molecule has 0 saturated carbocycles. The van der Waals surface area contributed by atoms with Gasteiger partial charge in [-0.2, -0.15) is 0 Å². The Morgan fingerprint density at radius 3 is 2.59 bits per heavy atom. The Hall–Kier alpha value is -1.89. The quantitative estimate of drug-likeness (QED) is 0.907. The van der Waals surface area contributed by atoms with E-state index >= 15 is 0 Å². The topological polar surface area (TPSA) is 91.8 Å². The van der Waals surface area contributed by atoms with Crippen LogP contribution in [0.15, 0.2) is 29.2 Å². The standard InChI is InChI=1S/C15H19NO5S/c1-10-6-7-16(13(8-10)15(18)19)14(17)11-4-3-5-12(9-11)22(2,20)21/h3-5,9-10,13H,6-8H2,1-2H3,(H,18,19). The summed E-state index contributed by atoms with van der Waals surface area (Å²) in [5.74, 6) is -1.23. The van der Waals surface area contributed by atoms with Crippen molar-refractivity contribution in [2.24, 2.45) is 5.92 Å². The first-order valence-corrected chi connectivity index (χ1v) is 8.93. The van der Waals surface area contributed by atoms with Gasteiger partial charge in [-0.15, -0.1) is 0 Å². The zero-order valence-electron chi connectivity index (χ0n) is 12.5. The van der Waals surface area contributed by atoms with Gasteiger partial charge < -0.3 is 10.0 Å². The van der Waals surface area contributed by atoms with Crippen molar-refractivity contribution in [2.45, 2.75) is 30.7 Å². The second-order valence-corrected chi connectivity index (χ2v) is 7.80. The van der Waals surface area contributed by atoms with Gasteiger partial charge in [0, 0.05) is 18.4 Å². The number of likely N-dealkylation sites (tertiary alicyclic amines) is 1. The highest BCUT2D eigenvalue weighted by molar-refractivity contribution is 7.90. The zero-order valence-corrected chi connectivity index (χ0v) is 13.3. The van der Waals surface area contributed by atoms with E-state index in [-0.39, 0.29) is 16.4 Å². The lowest BCUT2D eigenvalue weighted by molar-refractivity contribution is -0.144. The van der Waals surface area contributed by atoms with E-state index < -0.39 is 27.8 Å². The molecule has 2 atom stereocenters. The smallest absolute Gasteiger partial charge is 0.326 e. The molecular weight excluding hydrogens is 306 g/mol. The van der Waals surface area contributed by atoms with Gasteiger partial charge in [0.05, 0.1) is 4.90 Å². The first-order chi connectivity index (χ1) is 10.2. The van der Waals surface area contributed by atoms with Crippen LogP contribution in [0.4, 0.5) is 0 Å². The van der Waals surface area contributed by atoms with Crippen LogP contribution in [-0.4, -0.2) is 49.1 Å². The number of amides is 1. The minimum absolute atomic E-state index is 0.0515. The Kier molecular flexibility index (Phi) is 4.55.